The van der Waals surface area contributed by atoms with Crippen LogP contribution in [0.15, 0.2) is 0 Å². The van der Waals surface area contributed by atoms with E-state index in [0.29, 0.717) is 26.4 Å². The molecular formula is C23H47NO8S. The highest BCUT2D eigenvalue weighted by molar-refractivity contribution is 7.85. The van der Waals surface area contributed by atoms with Gasteiger partial charge in [0.2, 0.25) is 0 Å². The van der Waals surface area contributed by atoms with E-state index in [1.165, 1.54) is 38.5 Å². The van der Waals surface area contributed by atoms with Crippen LogP contribution >= 0.6 is 0 Å². The van der Waals surface area contributed by atoms with Gasteiger partial charge in [-0.2, -0.15) is 8.42 Å². The number of hydrogen-bond donors (Lipinski definition) is 1. The van der Waals surface area contributed by atoms with E-state index in [2.05, 4.69) is 16.4 Å². The van der Waals surface area contributed by atoms with Gasteiger partial charge in [-0.25, -0.2) is 4.79 Å². The lowest BCUT2D eigenvalue weighted by atomic mass is 10.1. The van der Waals surface area contributed by atoms with Crippen LogP contribution in [-0.2, 0) is 33.2 Å². The normalized spacial score (nSPS) is 13.1. The fourth-order valence-corrected chi connectivity index (χ4v) is 3.29. The molecule has 1 atom stereocenters. The Morgan fingerprint density at radius 2 is 1.33 bits per heavy atom. The van der Waals surface area contributed by atoms with E-state index in [1.807, 2.05) is 20.8 Å². The van der Waals surface area contributed by atoms with Crippen LogP contribution in [0.3, 0.4) is 0 Å². The van der Waals surface area contributed by atoms with Crippen molar-refractivity contribution in [2.45, 2.75) is 97.3 Å². The first-order valence-electron chi connectivity index (χ1n) is 12.1. The molecule has 1 N–H and O–H groups in total. The minimum absolute atomic E-state index is 0.0152. The summed E-state index contributed by atoms with van der Waals surface area (Å²) in [7, 11) is -3.44. The summed E-state index contributed by atoms with van der Waals surface area (Å²) in [6.07, 6.45) is 10.5. The van der Waals surface area contributed by atoms with E-state index in [9.17, 15) is 13.2 Å². The summed E-state index contributed by atoms with van der Waals surface area (Å²) >= 11 is 0. The maximum absolute atomic E-state index is 12.1. The highest BCUT2D eigenvalue weighted by atomic mass is 32.2. The SMILES string of the molecule is CCCCCCCCCCC(NC(=O)OC(C)(C)C)OCCOCCOCCOS(C)(=O)=O. The molecule has 9 nitrogen and oxygen atoms in total. The standard InChI is InChI=1S/C23H47NO8S/c1-6-7-8-9-10-11-12-13-14-21(24-22(25)32-23(2,3)4)30-19-17-28-15-16-29-18-20-31-33(5,26)27/h21H,6-20H2,1-5H3,(H,24,25). The monoisotopic (exact) mass is 497 g/mol. The van der Waals surface area contributed by atoms with Gasteiger partial charge < -0.3 is 18.9 Å². The van der Waals surface area contributed by atoms with Gasteiger partial charge in [0.05, 0.1) is 45.9 Å². The molecule has 10 heteroatoms. The largest absolute Gasteiger partial charge is 0.444 e. The molecule has 0 aromatic carbocycles. The maximum Gasteiger partial charge on any atom is 0.409 e. The predicted octanol–water partition coefficient (Wildman–Crippen LogP) is 4.39. The Morgan fingerprint density at radius 1 is 0.818 bits per heavy atom. The van der Waals surface area contributed by atoms with E-state index >= 15 is 0 Å². The van der Waals surface area contributed by atoms with Gasteiger partial charge in [0.25, 0.3) is 10.1 Å². The van der Waals surface area contributed by atoms with Crippen molar-refractivity contribution in [2.75, 3.05) is 45.9 Å². The first-order chi connectivity index (χ1) is 15.5. The van der Waals surface area contributed by atoms with Gasteiger partial charge in [-0.05, 0) is 33.6 Å². The van der Waals surface area contributed by atoms with Gasteiger partial charge in [-0.3, -0.25) is 9.50 Å². The predicted molar refractivity (Wildman–Crippen MR) is 129 cm³/mol. The fraction of sp³-hybridized carbons (Fsp3) is 0.957. The molecule has 1 amide bonds. The van der Waals surface area contributed by atoms with Gasteiger partial charge in [0.15, 0.2) is 0 Å². The Balaban J connectivity index is 4.04. The van der Waals surface area contributed by atoms with Gasteiger partial charge >= 0.3 is 6.09 Å². The van der Waals surface area contributed by atoms with Gasteiger partial charge in [-0.1, -0.05) is 51.9 Å². The Kier molecular flexibility index (Phi) is 18.8. The summed E-state index contributed by atoms with van der Waals surface area (Å²) in [5.74, 6) is 0. The van der Waals surface area contributed by atoms with Crippen LogP contribution in [-0.4, -0.2) is 72.2 Å². The zero-order valence-electron chi connectivity index (χ0n) is 21.4. The molecule has 0 rings (SSSR count). The number of ether oxygens (including phenoxy) is 4. The molecule has 0 fully saturated rings. The molecule has 33 heavy (non-hydrogen) atoms. The molecule has 0 heterocycles. The quantitative estimate of drug-likeness (QED) is 0.141. The van der Waals surface area contributed by atoms with Gasteiger partial charge in [0.1, 0.15) is 11.8 Å². The number of unbranched alkanes of at least 4 members (excludes halogenated alkanes) is 7. The van der Waals surface area contributed by atoms with Crippen molar-refractivity contribution in [3.63, 3.8) is 0 Å². The smallest absolute Gasteiger partial charge is 0.409 e. The minimum atomic E-state index is -3.44. The van der Waals surface area contributed by atoms with Gasteiger partial charge in [0, 0.05) is 0 Å². The number of hydrogen-bond acceptors (Lipinski definition) is 8. The highest BCUT2D eigenvalue weighted by Crippen LogP contribution is 2.12. The molecule has 1 unspecified atom stereocenters. The van der Waals surface area contributed by atoms with E-state index in [-0.39, 0.29) is 13.2 Å². The lowest BCUT2D eigenvalue weighted by Gasteiger charge is -2.24. The van der Waals surface area contributed by atoms with Crippen LogP contribution in [0, 0.1) is 0 Å². The Hall–Kier alpha value is -0.940. The summed E-state index contributed by atoms with van der Waals surface area (Å²) in [4.78, 5) is 12.1. The number of alkyl carbamates (subject to hydrolysis) is 1. The fourth-order valence-electron chi connectivity index (χ4n) is 2.92. The molecule has 0 radical (unpaired) electrons. The average Bonchev–Trinajstić information content (AvgIpc) is 2.68. The van der Waals surface area contributed by atoms with E-state index in [0.717, 1.165) is 25.5 Å². The van der Waals surface area contributed by atoms with Crippen LogP contribution in [0.5, 0.6) is 0 Å². The third kappa shape index (κ3) is 25.5. The summed E-state index contributed by atoms with van der Waals surface area (Å²) < 4.78 is 48.1. The molecule has 0 aromatic heterocycles. The summed E-state index contributed by atoms with van der Waals surface area (Å²) in [6, 6.07) is 0. The van der Waals surface area contributed by atoms with Crippen molar-refractivity contribution in [1.82, 2.24) is 5.32 Å². The zero-order chi connectivity index (χ0) is 25.0. The molecule has 198 valence electrons. The molecular weight excluding hydrogens is 450 g/mol. The van der Waals surface area contributed by atoms with Crippen LogP contribution in [0.1, 0.15) is 85.5 Å². The maximum atomic E-state index is 12.1. The van der Waals surface area contributed by atoms with Crippen molar-refractivity contribution in [2.24, 2.45) is 0 Å². The van der Waals surface area contributed by atoms with Crippen molar-refractivity contribution >= 4 is 16.2 Å². The second-order valence-electron chi connectivity index (χ2n) is 9.02. The molecule has 0 aliphatic rings. The summed E-state index contributed by atoms with van der Waals surface area (Å²) in [5.41, 5.74) is -0.567. The van der Waals surface area contributed by atoms with Crippen molar-refractivity contribution in [3.05, 3.63) is 0 Å². The van der Waals surface area contributed by atoms with E-state index in [4.69, 9.17) is 18.9 Å². The summed E-state index contributed by atoms with van der Waals surface area (Å²) in [6.45, 7) is 9.21. The molecule has 0 aliphatic heterocycles. The zero-order valence-corrected chi connectivity index (χ0v) is 22.2. The number of carbonyl (C=O) groups excluding carboxylic acids is 1. The second kappa shape index (κ2) is 19.4. The lowest BCUT2D eigenvalue weighted by molar-refractivity contribution is -0.0314. The Bertz CT molecular complexity index is 578. The molecule has 0 spiro atoms. The van der Waals surface area contributed by atoms with Crippen LogP contribution in [0.4, 0.5) is 4.79 Å². The van der Waals surface area contributed by atoms with Crippen LogP contribution < -0.4 is 5.32 Å². The molecule has 0 aromatic rings. The van der Waals surface area contributed by atoms with Crippen LogP contribution in [0.2, 0.25) is 0 Å². The van der Waals surface area contributed by atoms with Crippen molar-refractivity contribution in [1.29, 1.82) is 0 Å². The van der Waals surface area contributed by atoms with Crippen molar-refractivity contribution in [3.8, 4) is 0 Å². The Morgan fingerprint density at radius 3 is 1.88 bits per heavy atom. The third-order valence-corrected chi connectivity index (χ3v) is 5.04. The first-order valence-corrected chi connectivity index (χ1v) is 14.0. The third-order valence-electron chi connectivity index (χ3n) is 4.44. The lowest BCUT2D eigenvalue weighted by Crippen LogP contribution is -2.41. The highest BCUT2D eigenvalue weighted by Gasteiger charge is 2.19. The molecule has 0 saturated heterocycles. The van der Waals surface area contributed by atoms with E-state index in [1.54, 1.807) is 0 Å². The first kappa shape index (κ1) is 32.1. The molecule has 0 bridgehead atoms. The number of amides is 1. The minimum Gasteiger partial charge on any atom is -0.444 e. The Labute approximate surface area is 201 Å². The van der Waals surface area contributed by atoms with E-state index < -0.39 is 28.0 Å². The van der Waals surface area contributed by atoms with Crippen LogP contribution in [0.25, 0.3) is 0 Å². The summed E-state index contributed by atoms with van der Waals surface area (Å²) in [5, 5.41) is 2.80. The van der Waals surface area contributed by atoms with Gasteiger partial charge in [-0.15, -0.1) is 0 Å². The second-order valence-corrected chi connectivity index (χ2v) is 10.7. The number of nitrogens with one attached hydrogen (secondary N) is 1. The topological polar surface area (TPSA) is 109 Å². The number of rotatable bonds is 21. The number of carbonyl (C=O) groups is 1. The van der Waals surface area contributed by atoms with Crippen molar-refractivity contribution < 1.29 is 36.3 Å². The average molecular weight is 498 g/mol. The molecule has 0 aliphatic carbocycles. The molecule has 0 saturated carbocycles.